The number of piperidine rings is 1. The van der Waals surface area contributed by atoms with Gasteiger partial charge in [-0.15, -0.1) is 0 Å². The lowest BCUT2D eigenvalue weighted by Crippen LogP contribution is -2.69. The Kier molecular flexibility index (Phi) is 4.93. The Labute approximate surface area is 217 Å². The molecule has 0 spiro atoms. The van der Waals surface area contributed by atoms with Crippen molar-refractivity contribution in [3.8, 4) is 5.75 Å². The van der Waals surface area contributed by atoms with E-state index in [0.717, 1.165) is 37.2 Å². The molecule has 4 bridgehead atoms. The molecule has 1 radical (unpaired) electrons. The van der Waals surface area contributed by atoms with Crippen molar-refractivity contribution in [1.82, 2.24) is 10.2 Å². The summed E-state index contributed by atoms with van der Waals surface area (Å²) in [5, 5.41) is 4.18. The van der Waals surface area contributed by atoms with E-state index in [1.165, 1.54) is 24.8 Å². The molecule has 4 fully saturated rings. The molecule has 2 aliphatic heterocycles. The van der Waals surface area contributed by atoms with Crippen molar-refractivity contribution >= 4 is 14.9 Å². The fourth-order valence-corrected chi connectivity index (χ4v) is 10.0. The van der Waals surface area contributed by atoms with E-state index in [-0.39, 0.29) is 16.4 Å². The Morgan fingerprint density at radius 1 is 1.14 bits per heavy atom. The highest BCUT2D eigenvalue weighted by molar-refractivity contribution is 6.54. The summed E-state index contributed by atoms with van der Waals surface area (Å²) in [5.41, 5.74) is 4.43. The minimum absolute atomic E-state index is 0.164. The number of hydrogen-bond acceptors (Lipinski definition) is 3. The van der Waals surface area contributed by atoms with Crippen molar-refractivity contribution in [3.05, 3.63) is 65.2 Å². The molecule has 36 heavy (non-hydrogen) atoms. The molecule has 2 saturated heterocycles. The summed E-state index contributed by atoms with van der Waals surface area (Å²) >= 11 is 0. The third-order valence-corrected chi connectivity index (χ3v) is 13.6. The Bertz CT molecular complexity index is 1210. The first-order chi connectivity index (χ1) is 17.2. The van der Waals surface area contributed by atoms with Gasteiger partial charge >= 0.3 is 0 Å². The van der Waals surface area contributed by atoms with Crippen LogP contribution < -0.4 is 9.74 Å². The monoisotopic (exact) mass is 499 g/mol. The molecule has 2 heterocycles. The normalized spacial score (nSPS) is 36.0. The summed E-state index contributed by atoms with van der Waals surface area (Å²) in [5.74, 6) is 2.47. The minimum atomic E-state index is -0.972. The number of nitrogens with one attached hydrogen (secondary N) is 1. The van der Waals surface area contributed by atoms with Crippen LogP contribution in [-0.4, -0.2) is 45.0 Å². The zero-order valence-corrected chi connectivity index (χ0v) is 23.1. The Morgan fingerprint density at radius 2 is 1.94 bits per heavy atom. The number of benzene rings is 2. The molecule has 1 amide bonds. The molecular weight excluding hydrogens is 460 g/mol. The van der Waals surface area contributed by atoms with Gasteiger partial charge in [0.15, 0.2) is 0 Å². The zero-order chi connectivity index (χ0) is 24.9. The van der Waals surface area contributed by atoms with Crippen LogP contribution in [0.15, 0.2) is 48.5 Å². The summed E-state index contributed by atoms with van der Waals surface area (Å²) in [4.78, 5) is 16.0. The molecule has 2 aromatic carbocycles. The van der Waals surface area contributed by atoms with E-state index in [4.69, 9.17) is 4.43 Å². The first kappa shape index (κ1) is 23.0. The van der Waals surface area contributed by atoms with Crippen LogP contribution in [0, 0.1) is 17.3 Å². The second-order valence-corrected chi connectivity index (χ2v) is 16.1. The van der Waals surface area contributed by atoms with Gasteiger partial charge in [-0.1, -0.05) is 45.0 Å². The summed E-state index contributed by atoms with van der Waals surface area (Å²) < 4.78 is 6.66. The summed E-state index contributed by atoms with van der Waals surface area (Å²) in [6, 6.07) is 17.9. The summed E-state index contributed by atoms with van der Waals surface area (Å²) in [6.45, 7) is 11.2. The fraction of sp³-hybridized carbons (Fsp3) is 0.581. The molecule has 0 aromatic heterocycles. The molecule has 2 saturated carbocycles. The van der Waals surface area contributed by atoms with Gasteiger partial charge in [-0.05, 0) is 103 Å². The molecule has 5 aliphatic rings. The van der Waals surface area contributed by atoms with Gasteiger partial charge in [-0.25, -0.2) is 0 Å². The third kappa shape index (κ3) is 2.93. The van der Waals surface area contributed by atoms with E-state index in [9.17, 15) is 4.79 Å². The van der Waals surface area contributed by atoms with E-state index in [1.54, 1.807) is 5.56 Å². The summed E-state index contributed by atoms with van der Waals surface area (Å²) in [7, 11) is -0.972. The number of carbonyl (C=O) groups excluding carboxylic acids is 1. The Hall–Kier alpha value is -2.11. The van der Waals surface area contributed by atoms with Gasteiger partial charge in [-0.3, -0.25) is 4.79 Å². The highest BCUT2D eigenvalue weighted by Crippen LogP contribution is 2.74. The van der Waals surface area contributed by atoms with E-state index < -0.39 is 9.04 Å². The molecule has 6 atom stereocenters. The largest absolute Gasteiger partial charge is 0.542 e. The number of hydrogen-bond donors (Lipinski definition) is 1. The number of nitrogens with zero attached hydrogens (tertiary/aromatic N) is 1. The molecule has 7 rings (SSSR count). The quantitative estimate of drug-likeness (QED) is 0.560. The topological polar surface area (TPSA) is 41.6 Å². The van der Waals surface area contributed by atoms with Crippen LogP contribution in [0.4, 0.5) is 0 Å². The lowest BCUT2D eigenvalue weighted by Gasteiger charge is -2.64. The van der Waals surface area contributed by atoms with Gasteiger partial charge in [0.1, 0.15) is 5.75 Å². The van der Waals surface area contributed by atoms with Crippen LogP contribution in [0.3, 0.4) is 0 Å². The van der Waals surface area contributed by atoms with Gasteiger partial charge in [0.05, 0.1) is 0 Å². The first-order valence-electron chi connectivity index (χ1n) is 14.0. The van der Waals surface area contributed by atoms with E-state index in [0.29, 0.717) is 29.3 Å². The predicted octanol–water partition coefficient (Wildman–Crippen LogP) is 5.58. The Morgan fingerprint density at radius 3 is 2.72 bits per heavy atom. The second kappa shape index (κ2) is 7.70. The smallest absolute Gasteiger partial charge is 0.283 e. The average Bonchev–Trinajstić information content (AvgIpc) is 3.30. The third-order valence-electron chi connectivity index (χ3n) is 10.9. The van der Waals surface area contributed by atoms with Crippen molar-refractivity contribution in [2.45, 2.75) is 82.0 Å². The standard InChI is InChI=1S/C31H39N2O2Si/c1-29(2,3)36(4)35-23-11-10-21-16-26-30-13-12-25-27(31(30,14-15-32-26)24(21)17-23)22(18-30)19-33(25)28(34)20-8-6-5-7-9-20/h5-11,17,22,25-27,32H,12-16,18-19H2,1-4H3/t22-,25?,26?,27?,30?,31?/m1/s1. The van der Waals surface area contributed by atoms with E-state index in [2.05, 4.69) is 55.7 Å². The fourth-order valence-electron chi connectivity index (χ4n) is 9.25. The first-order valence-corrected chi connectivity index (χ1v) is 15.9. The zero-order valence-electron chi connectivity index (χ0n) is 22.1. The van der Waals surface area contributed by atoms with E-state index in [1.807, 2.05) is 30.3 Å². The maximum absolute atomic E-state index is 13.7. The van der Waals surface area contributed by atoms with Crippen molar-refractivity contribution in [2.24, 2.45) is 17.3 Å². The van der Waals surface area contributed by atoms with Crippen LogP contribution in [-0.2, 0) is 11.8 Å². The maximum Gasteiger partial charge on any atom is 0.283 e. The molecule has 5 heteroatoms. The molecule has 2 aromatic rings. The molecule has 4 nitrogen and oxygen atoms in total. The van der Waals surface area contributed by atoms with Crippen molar-refractivity contribution < 1.29 is 9.22 Å². The molecular formula is C31H39N2O2Si. The lowest BCUT2D eigenvalue weighted by atomic mass is 9.44. The van der Waals surface area contributed by atoms with Gasteiger partial charge < -0.3 is 14.6 Å². The number of fused-ring (bicyclic) bond motifs is 1. The minimum Gasteiger partial charge on any atom is -0.542 e. The van der Waals surface area contributed by atoms with Gasteiger partial charge in [0.25, 0.3) is 14.9 Å². The van der Waals surface area contributed by atoms with Crippen molar-refractivity contribution in [1.29, 1.82) is 0 Å². The predicted molar refractivity (Wildman–Crippen MR) is 145 cm³/mol. The van der Waals surface area contributed by atoms with E-state index >= 15 is 0 Å². The van der Waals surface area contributed by atoms with Crippen molar-refractivity contribution in [3.63, 3.8) is 0 Å². The number of rotatable bonds is 3. The average molecular weight is 500 g/mol. The second-order valence-electron chi connectivity index (χ2n) is 13.2. The Balaban J connectivity index is 1.31. The SMILES string of the molecule is C[Si](Oc1ccc2c(c1)C13CCNC(C2)C12CCC1C3[C@@H](CN1C(=O)c1ccccc1)C2)C(C)(C)C. The molecule has 5 unspecified atom stereocenters. The van der Waals surface area contributed by atoms with Crippen LogP contribution >= 0.6 is 0 Å². The van der Waals surface area contributed by atoms with Crippen LogP contribution in [0.1, 0.15) is 67.9 Å². The highest BCUT2D eigenvalue weighted by Gasteiger charge is 2.75. The molecule has 3 aliphatic carbocycles. The maximum atomic E-state index is 13.7. The molecule has 1 N–H and O–H groups in total. The summed E-state index contributed by atoms with van der Waals surface area (Å²) in [6.07, 6.45) is 5.97. The van der Waals surface area contributed by atoms with Crippen LogP contribution in [0.5, 0.6) is 5.75 Å². The number of likely N-dealkylation sites (tertiary alicyclic amines) is 1. The van der Waals surface area contributed by atoms with Crippen LogP contribution in [0.25, 0.3) is 0 Å². The van der Waals surface area contributed by atoms with Gasteiger partial charge in [0.2, 0.25) is 0 Å². The van der Waals surface area contributed by atoms with Crippen molar-refractivity contribution in [2.75, 3.05) is 13.1 Å². The highest BCUT2D eigenvalue weighted by atomic mass is 28.3. The van der Waals surface area contributed by atoms with Crippen LogP contribution in [0.2, 0.25) is 11.6 Å². The number of carbonyl (C=O) groups is 1. The molecule has 189 valence electrons. The lowest BCUT2D eigenvalue weighted by molar-refractivity contribution is -0.0447. The number of amides is 1. The van der Waals surface area contributed by atoms with Gasteiger partial charge in [0, 0.05) is 29.6 Å². The van der Waals surface area contributed by atoms with Gasteiger partial charge in [-0.2, -0.15) is 0 Å².